The zero-order valence-electron chi connectivity index (χ0n) is 9.66. The van der Waals surface area contributed by atoms with Gasteiger partial charge in [-0.1, -0.05) is 39.8 Å². The van der Waals surface area contributed by atoms with Crippen molar-refractivity contribution >= 4 is 21.6 Å². The molecule has 0 atom stereocenters. The third-order valence-electron chi connectivity index (χ3n) is 1.62. The van der Waals surface area contributed by atoms with E-state index in [1.807, 2.05) is 33.9 Å². The Labute approximate surface area is 91.0 Å². The van der Waals surface area contributed by atoms with E-state index in [0.717, 1.165) is 0 Å². The van der Waals surface area contributed by atoms with Gasteiger partial charge in [0.1, 0.15) is 0 Å². The van der Waals surface area contributed by atoms with Gasteiger partial charge in [-0.15, -0.1) is 0 Å². The molecule has 2 aromatic rings. The Kier molecular flexibility index (Phi) is 7.03. The van der Waals surface area contributed by atoms with Gasteiger partial charge < -0.3 is 0 Å². The first-order chi connectivity index (χ1) is 6.88. The van der Waals surface area contributed by atoms with Gasteiger partial charge >= 0.3 is 0 Å². The largest absolute Gasteiger partial charge is 0.200 e. The standard InChI is InChI=1S/C8H7NS.2C2H6/c1-6-3-2-4-8-7(6)5-9-10-8;2*1-2/h2-5H,1H3;2*1-2H3. The molecule has 2 rings (SSSR count). The fourth-order valence-electron chi connectivity index (χ4n) is 1.03. The van der Waals surface area contributed by atoms with Crippen molar-refractivity contribution in [3.63, 3.8) is 0 Å². The van der Waals surface area contributed by atoms with Crippen LogP contribution in [0.3, 0.4) is 0 Å². The maximum Gasteiger partial charge on any atom is 0.0552 e. The molecular weight excluding hydrogens is 190 g/mol. The molecule has 0 N–H and O–H groups in total. The Morgan fingerprint density at radius 3 is 2.29 bits per heavy atom. The summed E-state index contributed by atoms with van der Waals surface area (Å²) in [5, 5.41) is 1.28. The normalized spacial score (nSPS) is 8.36. The SMILES string of the molecule is CC.CC.Cc1cccc2sncc12. The molecule has 0 unspecified atom stereocenters. The molecule has 1 aromatic heterocycles. The van der Waals surface area contributed by atoms with Crippen LogP contribution < -0.4 is 0 Å². The minimum atomic E-state index is 1.28. The van der Waals surface area contributed by atoms with Crippen molar-refractivity contribution in [1.82, 2.24) is 4.37 Å². The highest BCUT2D eigenvalue weighted by atomic mass is 32.1. The molecule has 0 aliphatic carbocycles. The molecule has 0 fully saturated rings. The first-order valence-corrected chi connectivity index (χ1v) is 5.95. The van der Waals surface area contributed by atoms with Gasteiger partial charge in [-0.2, -0.15) is 4.37 Å². The van der Waals surface area contributed by atoms with E-state index in [-0.39, 0.29) is 0 Å². The van der Waals surface area contributed by atoms with Gasteiger partial charge in [-0.05, 0) is 30.1 Å². The average Bonchev–Trinajstić information content (AvgIpc) is 2.73. The van der Waals surface area contributed by atoms with Crippen LogP contribution in [0.5, 0.6) is 0 Å². The van der Waals surface area contributed by atoms with Crippen molar-refractivity contribution in [2.24, 2.45) is 0 Å². The van der Waals surface area contributed by atoms with Crippen LogP contribution in [0.1, 0.15) is 33.3 Å². The van der Waals surface area contributed by atoms with E-state index in [4.69, 9.17) is 0 Å². The van der Waals surface area contributed by atoms with Crippen LogP contribution in [0, 0.1) is 6.92 Å². The first kappa shape index (κ1) is 13.1. The highest BCUT2D eigenvalue weighted by Gasteiger charge is 1.95. The molecule has 2 heteroatoms. The maximum atomic E-state index is 4.10. The minimum absolute atomic E-state index is 1.28. The smallest absolute Gasteiger partial charge is 0.0552 e. The van der Waals surface area contributed by atoms with Crippen LogP contribution in [-0.2, 0) is 0 Å². The fraction of sp³-hybridized carbons (Fsp3) is 0.417. The van der Waals surface area contributed by atoms with Crippen LogP contribution in [0.2, 0.25) is 0 Å². The highest BCUT2D eigenvalue weighted by Crippen LogP contribution is 2.20. The quantitative estimate of drug-likeness (QED) is 0.615. The second kappa shape index (κ2) is 7.51. The molecule has 0 radical (unpaired) electrons. The number of fused-ring (bicyclic) bond motifs is 1. The summed E-state index contributed by atoms with van der Waals surface area (Å²) in [6, 6.07) is 6.27. The Bertz CT molecular complexity index is 352. The predicted molar refractivity (Wildman–Crippen MR) is 67.1 cm³/mol. The summed E-state index contributed by atoms with van der Waals surface area (Å²) in [7, 11) is 0. The molecule has 0 saturated heterocycles. The number of hydrogen-bond donors (Lipinski definition) is 0. The van der Waals surface area contributed by atoms with E-state index in [1.165, 1.54) is 15.6 Å². The summed E-state index contributed by atoms with van der Waals surface area (Å²) in [6.45, 7) is 10.1. The van der Waals surface area contributed by atoms with Crippen molar-refractivity contribution < 1.29 is 0 Å². The molecular formula is C12H19NS. The van der Waals surface area contributed by atoms with Crippen molar-refractivity contribution in [3.8, 4) is 0 Å². The summed E-state index contributed by atoms with van der Waals surface area (Å²) in [6.07, 6.45) is 1.93. The van der Waals surface area contributed by atoms with E-state index < -0.39 is 0 Å². The number of aromatic nitrogens is 1. The number of benzene rings is 1. The number of rotatable bonds is 0. The van der Waals surface area contributed by atoms with Crippen molar-refractivity contribution in [2.75, 3.05) is 0 Å². The monoisotopic (exact) mass is 209 g/mol. The summed E-state index contributed by atoms with van der Waals surface area (Å²) in [4.78, 5) is 0. The van der Waals surface area contributed by atoms with Gasteiger partial charge in [0.25, 0.3) is 0 Å². The zero-order chi connectivity index (χ0) is 11.0. The van der Waals surface area contributed by atoms with E-state index >= 15 is 0 Å². The lowest BCUT2D eigenvalue weighted by molar-refractivity contribution is 1.50. The van der Waals surface area contributed by atoms with Crippen LogP contribution >= 0.6 is 11.5 Å². The lowest BCUT2D eigenvalue weighted by Gasteiger charge is -1.90. The molecule has 1 nitrogen and oxygen atoms in total. The second-order valence-corrected chi connectivity index (χ2v) is 3.15. The summed E-state index contributed by atoms with van der Waals surface area (Å²) in [5.74, 6) is 0. The molecule has 1 aromatic carbocycles. The molecule has 14 heavy (non-hydrogen) atoms. The van der Waals surface area contributed by atoms with Crippen LogP contribution in [0.15, 0.2) is 24.4 Å². The van der Waals surface area contributed by atoms with Crippen molar-refractivity contribution in [1.29, 1.82) is 0 Å². The first-order valence-electron chi connectivity index (χ1n) is 5.18. The maximum absolute atomic E-state index is 4.10. The molecule has 0 aliphatic rings. The van der Waals surface area contributed by atoms with Crippen molar-refractivity contribution in [3.05, 3.63) is 30.0 Å². The highest BCUT2D eigenvalue weighted by molar-refractivity contribution is 7.13. The second-order valence-electron chi connectivity index (χ2n) is 2.31. The number of nitrogens with zero attached hydrogens (tertiary/aromatic N) is 1. The minimum Gasteiger partial charge on any atom is -0.200 e. The average molecular weight is 209 g/mol. The third kappa shape index (κ3) is 3.11. The Morgan fingerprint density at radius 1 is 1.07 bits per heavy atom. The summed E-state index contributed by atoms with van der Waals surface area (Å²) in [5.41, 5.74) is 1.31. The van der Waals surface area contributed by atoms with E-state index in [9.17, 15) is 0 Å². The van der Waals surface area contributed by atoms with Gasteiger partial charge in [-0.3, -0.25) is 0 Å². The van der Waals surface area contributed by atoms with Gasteiger partial charge in [-0.25, -0.2) is 0 Å². The van der Waals surface area contributed by atoms with Crippen LogP contribution in [0.25, 0.3) is 10.1 Å². The predicted octanol–water partition coefficient (Wildman–Crippen LogP) is 4.66. The molecule has 0 spiro atoms. The van der Waals surface area contributed by atoms with Crippen molar-refractivity contribution in [2.45, 2.75) is 34.6 Å². The molecule has 0 amide bonds. The molecule has 78 valence electrons. The molecule has 0 saturated carbocycles. The van der Waals surface area contributed by atoms with Crippen LogP contribution in [0.4, 0.5) is 0 Å². The third-order valence-corrected chi connectivity index (χ3v) is 2.38. The summed E-state index contributed by atoms with van der Waals surface area (Å²) >= 11 is 1.55. The van der Waals surface area contributed by atoms with Gasteiger partial charge in [0.05, 0.1) is 4.70 Å². The van der Waals surface area contributed by atoms with Crippen LogP contribution in [-0.4, -0.2) is 4.37 Å². The number of aryl methyl sites for hydroxylation is 1. The van der Waals surface area contributed by atoms with Gasteiger partial charge in [0.2, 0.25) is 0 Å². The lowest BCUT2D eigenvalue weighted by Crippen LogP contribution is -1.68. The van der Waals surface area contributed by atoms with Gasteiger partial charge in [0, 0.05) is 11.6 Å². The molecule has 0 bridgehead atoms. The molecule has 1 heterocycles. The summed E-state index contributed by atoms with van der Waals surface area (Å²) < 4.78 is 5.38. The van der Waals surface area contributed by atoms with E-state index in [1.54, 1.807) is 11.5 Å². The lowest BCUT2D eigenvalue weighted by atomic mass is 10.2. The van der Waals surface area contributed by atoms with Gasteiger partial charge in [0.15, 0.2) is 0 Å². The fourth-order valence-corrected chi connectivity index (χ4v) is 1.76. The molecule has 0 aliphatic heterocycles. The Balaban J connectivity index is 0.000000379. The Morgan fingerprint density at radius 2 is 1.71 bits per heavy atom. The zero-order valence-corrected chi connectivity index (χ0v) is 10.5. The Hall–Kier alpha value is -0.890. The topological polar surface area (TPSA) is 12.9 Å². The number of hydrogen-bond acceptors (Lipinski definition) is 2. The van der Waals surface area contributed by atoms with E-state index in [0.29, 0.717) is 0 Å². The van der Waals surface area contributed by atoms with E-state index in [2.05, 4.69) is 29.5 Å².